The molecule has 0 aliphatic carbocycles. The van der Waals surface area contributed by atoms with Gasteiger partial charge in [-0.15, -0.1) is 0 Å². The van der Waals surface area contributed by atoms with Crippen LogP contribution in [0.2, 0.25) is 0 Å². The Morgan fingerprint density at radius 2 is 1.79 bits per heavy atom. The summed E-state index contributed by atoms with van der Waals surface area (Å²) < 4.78 is 1.86. The molecule has 0 bridgehead atoms. The van der Waals surface area contributed by atoms with Crippen LogP contribution in [0.3, 0.4) is 0 Å². The minimum Gasteiger partial charge on any atom is -0.383 e. The number of carbonyl (C=O) groups excluding carboxylic acids is 2. The van der Waals surface area contributed by atoms with Gasteiger partial charge in [-0.3, -0.25) is 23.5 Å². The van der Waals surface area contributed by atoms with E-state index in [1.54, 1.807) is 0 Å². The van der Waals surface area contributed by atoms with E-state index in [2.05, 4.69) is 10.6 Å². The predicted octanol–water partition coefficient (Wildman–Crippen LogP) is -2.26. The first-order valence-corrected chi connectivity index (χ1v) is 5.35. The summed E-state index contributed by atoms with van der Waals surface area (Å²) in [5, 5.41) is 4.55. The zero-order valence-electron chi connectivity index (χ0n) is 10.8. The van der Waals surface area contributed by atoms with Gasteiger partial charge < -0.3 is 16.4 Å². The summed E-state index contributed by atoms with van der Waals surface area (Å²) in [7, 11) is 2.65. The number of rotatable bonds is 3. The van der Waals surface area contributed by atoms with E-state index in [4.69, 9.17) is 5.73 Å². The van der Waals surface area contributed by atoms with Gasteiger partial charge >= 0.3 is 5.69 Å². The zero-order chi connectivity index (χ0) is 14.7. The molecular weight excluding hydrogens is 254 g/mol. The number of aromatic nitrogens is 2. The number of anilines is 2. The van der Waals surface area contributed by atoms with E-state index in [0.717, 1.165) is 9.13 Å². The third-order valence-corrected chi connectivity index (χ3v) is 2.47. The van der Waals surface area contributed by atoms with Gasteiger partial charge in [0.2, 0.25) is 11.8 Å². The lowest BCUT2D eigenvalue weighted by atomic mass is 10.4. The highest BCUT2D eigenvalue weighted by Gasteiger charge is 2.15. The second-order valence-corrected chi connectivity index (χ2v) is 3.92. The number of hydrogen-bond acceptors (Lipinski definition) is 5. The second-order valence-electron chi connectivity index (χ2n) is 3.92. The third-order valence-electron chi connectivity index (χ3n) is 2.47. The maximum absolute atomic E-state index is 11.8. The Kier molecular flexibility index (Phi) is 4.10. The van der Waals surface area contributed by atoms with Crippen LogP contribution in [0.5, 0.6) is 0 Å². The molecule has 1 rings (SSSR count). The van der Waals surface area contributed by atoms with Crippen molar-refractivity contribution in [2.45, 2.75) is 6.92 Å². The van der Waals surface area contributed by atoms with Crippen molar-refractivity contribution in [1.29, 1.82) is 0 Å². The standard InChI is InChI=1S/C10H15N5O4/c1-5(16)12-4-6(17)13-7-8(11)14(2)10(19)15(3)9(7)18/h4,11H2,1-3H3,(H,12,16)(H,13,17). The van der Waals surface area contributed by atoms with Gasteiger partial charge in [0.15, 0.2) is 0 Å². The van der Waals surface area contributed by atoms with Crippen LogP contribution >= 0.6 is 0 Å². The molecule has 9 heteroatoms. The quantitative estimate of drug-likeness (QED) is 0.570. The summed E-state index contributed by atoms with van der Waals surface area (Å²) in [5.74, 6) is -1.14. The SMILES string of the molecule is CC(=O)NCC(=O)Nc1c(N)n(C)c(=O)n(C)c1=O. The van der Waals surface area contributed by atoms with Crippen molar-refractivity contribution in [3.8, 4) is 0 Å². The summed E-state index contributed by atoms with van der Waals surface area (Å²) in [6.45, 7) is 0.966. The molecular formula is C10H15N5O4. The average Bonchev–Trinajstić information content (AvgIpc) is 2.36. The highest BCUT2D eigenvalue weighted by molar-refractivity contribution is 5.95. The van der Waals surface area contributed by atoms with Crippen molar-refractivity contribution in [3.63, 3.8) is 0 Å². The molecule has 1 heterocycles. The van der Waals surface area contributed by atoms with E-state index in [0.29, 0.717) is 0 Å². The average molecular weight is 269 g/mol. The van der Waals surface area contributed by atoms with E-state index in [-0.39, 0.29) is 24.0 Å². The minimum absolute atomic E-state index is 0.149. The van der Waals surface area contributed by atoms with Crippen molar-refractivity contribution in [3.05, 3.63) is 20.8 Å². The summed E-state index contributed by atoms with van der Waals surface area (Å²) in [5.41, 5.74) is 4.10. The van der Waals surface area contributed by atoms with Gasteiger partial charge in [0.25, 0.3) is 5.56 Å². The van der Waals surface area contributed by atoms with Crippen LogP contribution in [0.25, 0.3) is 0 Å². The summed E-state index contributed by atoms with van der Waals surface area (Å²) >= 11 is 0. The Morgan fingerprint density at radius 1 is 1.21 bits per heavy atom. The van der Waals surface area contributed by atoms with Crippen LogP contribution < -0.4 is 27.6 Å². The third kappa shape index (κ3) is 3.00. The number of carbonyl (C=O) groups is 2. The Bertz CT molecular complexity index is 643. The van der Waals surface area contributed by atoms with E-state index in [1.165, 1.54) is 21.0 Å². The molecule has 19 heavy (non-hydrogen) atoms. The van der Waals surface area contributed by atoms with Gasteiger partial charge in [-0.05, 0) is 0 Å². The fourth-order valence-corrected chi connectivity index (χ4v) is 1.37. The van der Waals surface area contributed by atoms with Gasteiger partial charge in [0.1, 0.15) is 11.5 Å². The molecule has 1 aromatic rings. The van der Waals surface area contributed by atoms with Crippen LogP contribution in [-0.4, -0.2) is 27.5 Å². The number of hydrogen-bond donors (Lipinski definition) is 3. The fraction of sp³-hybridized carbons (Fsp3) is 0.400. The van der Waals surface area contributed by atoms with Crippen LogP contribution in [0.4, 0.5) is 11.5 Å². The van der Waals surface area contributed by atoms with Gasteiger partial charge in [-0.2, -0.15) is 0 Å². The minimum atomic E-state index is -0.711. The Balaban J connectivity index is 3.09. The molecule has 0 radical (unpaired) electrons. The topological polar surface area (TPSA) is 128 Å². The van der Waals surface area contributed by atoms with Crippen molar-refractivity contribution in [1.82, 2.24) is 14.5 Å². The summed E-state index contributed by atoms with van der Waals surface area (Å²) in [6, 6.07) is 0. The first-order chi connectivity index (χ1) is 8.75. The lowest BCUT2D eigenvalue weighted by molar-refractivity contribution is -0.122. The van der Waals surface area contributed by atoms with Crippen LogP contribution in [0.15, 0.2) is 9.59 Å². The monoisotopic (exact) mass is 269 g/mol. The van der Waals surface area contributed by atoms with Crippen molar-refractivity contribution in [2.24, 2.45) is 14.1 Å². The van der Waals surface area contributed by atoms with Crippen molar-refractivity contribution < 1.29 is 9.59 Å². The maximum Gasteiger partial charge on any atom is 0.332 e. The van der Waals surface area contributed by atoms with Gasteiger partial charge in [0.05, 0.1) is 6.54 Å². The van der Waals surface area contributed by atoms with Crippen LogP contribution in [0, 0.1) is 0 Å². The lowest BCUT2D eigenvalue weighted by Crippen LogP contribution is -2.41. The molecule has 0 aromatic carbocycles. The summed E-state index contributed by atoms with van der Waals surface area (Å²) in [4.78, 5) is 45.5. The Labute approximate surface area is 108 Å². The first kappa shape index (κ1) is 14.5. The second kappa shape index (κ2) is 5.38. The normalized spacial score (nSPS) is 10.1. The van der Waals surface area contributed by atoms with Gasteiger partial charge in [-0.25, -0.2) is 4.79 Å². The first-order valence-electron chi connectivity index (χ1n) is 5.35. The van der Waals surface area contributed by atoms with E-state index in [9.17, 15) is 19.2 Å². The Morgan fingerprint density at radius 3 is 2.32 bits per heavy atom. The molecule has 0 saturated heterocycles. The smallest absolute Gasteiger partial charge is 0.332 e. The van der Waals surface area contributed by atoms with E-state index in [1.807, 2.05) is 0 Å². The highest BCUT2D eigenvalue weighted by Crippen LogP contribution is 2.08. The molecule has 0 saturated carbocycles. The number of amides is 2. The molecule has 0 aliphatic rings. The van der Waals surface area contributed by atoms with Crippen molar-refractivity contribution in [2.75, 3.05) is 17.6 Å². The maximum atomic E-state index is 11.8. The van der Waals surface area contributed by atoms with E-state index < -0.39 is 17.2 Å². The molecule has 1 aromatic heterocycles. The lowest BCUT2D eigenvalue weighted by Gasteiger charge is -2.12. The van der Waals surface area contributed by atoms with Crippen LogP contribution in [0.1, 0.15) is 6.92 Å². The molecule has 4 N–H and O–H groups in total. The van der Waals surface area contributed by atoms with Crippen molar-refractivity contribution >= 4 is 23.3 Å². The predicted molar refractivity (Wildman–Crippen MR) is 68.6 cm³/mol. The molecule has 0 aliphatic heterocycles. The molecule has 9 nitrogen and oxygen atoms in total. The van der Waals surface area contributed by atoms with Gasteiger partial charge in [0, 0.05) is 21.0 Å². The molecule has 0 spiro atoms. The molecule has 0 fully saturated rings. The fourth-order valence-electron chi connectivity index (χ4n) is 1.37. The Hall–Kier alpha value is -2.58. The highest BCUT2D eigenvalue weighted by atomic mass is 16.2. The number of nitrogens with one attached hydrogen (secondary N) is 2. The van der Waals surface area contributed by atoms with E-state index >= 15 is 0 Å². The number of nitrogens with two attached hydrogens (primary N) is 1. The molecule has 0 atom stereocenters. The molecule has 104 valence electrons. The molecule has 0 unspecified atom stereocenters. The summed E-state index contributed by atoms with van der Waals surface area (Å²) in [6.07, 6.45) is 0. The molecule has 2 amide bonds. The zero-order valence-corrected chi connectivity index (χ0v) is 10.8. The largest absolute Gasteiger partial charge is 0.383 e. The van der Waals surface area contributed by atoms with Gasteiger partial charge in [-0.1, -0.05) is 0 Å². The van der Waals surface area contributed by atoms with Crippen LogP contribution in [-0.2, 0) is 23.7 Å². The number of nitrogens with zero attached hydrogens (tertiary/aromatic N) is 2. The number of nitrogen functional groups attached to an aromatic ring is 1.